The summed E-state index contributed by atoms with van der Waals surface area (Å²) in [6.45, 7) is 1.50. The summed E-state index contributed by atoms with van der Waals surface area (Å²) in [7, 11) is 1.80. The number of aromatic nitrogens is 2. The van der Waals surface area contributed by atoms with Gasteiger partial charge in [-0.25, -0.2) is 4.98 Å². The Morgan fingerprint density at radius 1 is 1.07 bits per heavy atom. The summed E-state index contributed by atoms with van der Waals surface area (Å²) in [5, 5.41) is 3.26. The van der Waals surface area contributed by atoms with Crippen molar-refractivity contribution in [1.82, 2.24) is 14.9 Å². The van der Waals surface area contributed by atoms with Gasteiger partial charge in [-0.3, -0.25) is 9.78 Å². The highest BCUT2D eigenvalue weighted by Crippen LogP contribution is 2.32. The van der Waals surface area contributed by atoms with Crippen LogP contribution in [-0.2, 0) is 13.0 Å². The number of nitrogens with one attached hydrogen (secondary N) is 1. The van der Waals surface area contributed by atoms with Crippen molar-refractivity contribution in [3.05, 3.63) is 77.7 Å². The molecule has 0 saturated carbocycles. The first-order valence-electron chi connectivity index (χ1n) is 9.42. The molecule has 1 aliphatic heterocycles. The molecule has 0 fully saturated rings. The van der Waals surface area contributed by atoms with E-state index in [1.165, 1.54) is 0 Å². The predicted molar refractivity (Wildman–Crippen MR) is 109 cm³/mol. The molecule has 7 nitrogen and oxygen atoms in total. The van der Waals surface area contributed by atoms with Crippen LogP contribution in [0.25, 0.3) is 0 Å². The molecule has 0 saturated heterocycles. The zero-order valence-corrected chi connectivity index (χ0v) is 16.2. The molecule has 2 aromatic heterocycles. The number of nitrogens with zero attached hydrogens (tertiary/aromatic N) is 3. The number of carbonyl (C=O) groups excluding carboxylic acids is 1. The van der Waals surface area contributed by atoms with Gasteiger partial charge in [0.2, 0.25) is 6.79 Å². The Balaban J connectivity index is 1.30. The number of fused-ring (bicyclic) bond motifs is 1. The first-order chi connectivity index (χ1) is 14.2. The third-order valence-electron chi connectivity index (χ3n) is 4.75. The van der Waals surface area contributed by atoms with E-state index in [1.54, 1.807) is 36.6 Å². The third-order valence-corrected chi connectivity index (χ3v) is 4.75. The standard InChI is InChI=1S/C22H22N4O3/c1-26(11-8-16-6-9-23-10-7-16)22(27)18-3-5-21(25-14-18)24-13-17-2-4-19-20(12-17)29-15-28-19/h2-7,9-10,12,14H,8,11,13,15H2,1H3,(H,24,25). The number of likely N-dealkylation sites (N-methyl/N-ethyl adjacent to an activating group) is 1. The molecule has 3 heterocycles. The number of benzene rings is 1. The van der Waals surface area contributed by atoms with Crippen LogP contribution in [0.4, 0.5) is 5.82 Å². The summed E-state index contributed by atoms with van der Waals surface area (Å²) >= 11 is 0. The first-order valence-corrected chi connectivity index (χ1v) is 9.42. The lowest BCUT2D eigenvalue weighted by Crippen LogP contribution is -2.29. The van der Waals surface area contributed by atoms with E-state index in [0.717, 1.165) is 29.0 Å². The zero-order valence-electron chi connectivity index (χ0n) is 16.2. The average molecular weight is 390 g/mol. The molecule has 0 aliphatic carbocycles. The van der Waals surface area contributed by atoms with E-state index in [2.05, 4.69) is 15.3 Å². The highest BCUT2D eigenvalue weighted by atomic mass is 16.7. The highest BCUT2D eigenvalue weighted by molar-refractivity contribution is 5.93. The van der Waals surface area contributed by atoms with Gasteiger partial charge in [0.15, 0.2) is 11.5 Å². The maximum absolute atomic E-state index is 12.6. The maximum atomic E-state index is 12.6. The molecule has 1 N–H and O–H groups in total. The normalized spacial score (nSPS) is 11.9. The number of hydrogen-bond acceptors (Lipinski definition) is 6. The van der Waals surface area contributed by atoms with Crippen molar-refractivity contribution in [2.45, 2.75) is 13.0 Å². The molecule has 1 amide bonds. The van der Waals surface area contributed by atoms with Crippen molar-refractivity contribution < 1.29 is 14.3 Å². The number of amides is 1. The number of hydrogen-bond donors (Lipinski definition) is 1. The second kappa shape index (κ2) is 8.60. The fraction of sp³-hybridized carbons (Fsp3) is 0.227. The summed E-state index contributed by atoms with van der Waals surface area (Å²) in [6.07, 6.45) is 5.91. The van der Waals surface area contributed by atoms with Gasteiger partial charge in [-0.2, -0.15) is 0 Å². The molecule has 3 aromatic rings. The van der Waals surface area contributed by atoms with Gasteiger partial charge < -0.3 is 19.7 Å². The smallest absolute Gasteiger partial charge is 0.255 e. The third kappa shape index (κ3) is 4.63. The SMILES string of the molecule is CN(CCc1ccncc1)C(=O)c1ccc(NCc2ccc3c(c2)OCO3)nc1. The van der Waals surface area contributed by atoms with Crippen molar-refractivity contribution in [3.8, 4) is 11.5 Å². The zero-order chi connectivity index (χ0) is 20.1. The Labute approximate surface area is 169 Å². The lowest BCUT2D eigenvalue weighted by molar-refractivity contribution is 0.0796. The summed E-state index contributed by atoms with van der Waals surface area (Å²) in [5.74, 6) is 2.18. The van der Waals surface area contributed by atoms with Crippen LogP contribution >= 0.6 is 0 Å². The fourth-order valence-corrected chi connectivity index (χ4v) is 3.04. The van der Waals surface area contributed by atoms with Crippen molar-refractivity contribution >= 4 is 11.7 Å². The second-order valence-corrected chi connectivity index (χ2v) is 6.81. The van der Waals surface area contributed by atoms with Crippen molar-refractivity contribution in [3.63, 3.8) is 0 Å². The van der Waals surface area contributed by atoms with Gasteiger partial charge in [0.25, 0.3) is 5.91 Å². The van der Waals surface area contributed by atoms with Crippen molar-refractivity contribution in [2.24, 2.45) is 0 Å². The van der Waals surface area contributed by atoms with Crippen LogP contribution < -0.4 is 14.8 Å². The van der Waals surface area contributed by atoms with Crippen LogP contribution in [0.1, 0.15) is 21.5 Å². The van der Waals surface area contributed by atoms with Gasteiger partial charge in [0.1, 0.15) is 5.82 Å². The topological polar surface area (TPSA) is 76.6 Å². The highest BCUT2D eigenvalue weighted by Gasteiger charge is 2.14. The molecule has 0 unspecified atom stereocenters. The van der Waals surface area contributed by atoms with Crippen molar-refractivity contribution in [2.75, 3.05) is 25.7 Å². The van der Waals surface area contributed by atoms with Gasteiger partial charge in [0, 0.05) is 38.7 Å². The lowest BCUT2D eigenvalue weighted by Gasteiger charge is -2.17. The Morgan fingerprint density at radius 2 is 1.90 bits per heavy atom. The van der Waals surface area contributed by atoms with E-state index in [-0.39, 0.29) is 12.7 Å². The van der Waals surface area contributed by atoms with Crippen LogP contribution in [0.3, 0.4) is 0 Å². The minimum atomic E-state index is -0.0473. The Bertz CT molecular complexity index is 977. The molecule has 1 aliphatic rings. The molecule has 1 aromatic carbocycles. The first kappa shape index (κ1) is 18.7. The van der Waals surface area contributed by atoms with Crippen molar-refractivity contribution in [1.29, 1.82) is 0 Å². The van der Waals surface area contributed by atoms with E-state index in [4.69, 9.17) is 9.47 Å². The molecule has 0 radical (unpaired) electrons. The Hall–Kier alpha value is -3.61. The van der Waals surface area contributed by atoms with Gasteiger partial charge in [-0.05, 0) is 53.9 Å². The van der Waals surface area contributed by atoms with E-state index in [9.17, 15) is 4.79 Å². The fourth-order valence-electron chi connectivity index (χ4n) is 3.04. The molecule has 0 spiro atoms. The van der Waals surface area contributed by atoms with Crippen LogP contribution in [0.5, 0.6) is 11.5 Å². The van der Waals surface area contributed by atoms with Crippen LogP contribution in [0.2, 0.25) is 0 Å². The van der Waals surface area contributed by atoms with Crippen LogP contribution in [0.15, 0.2) is 61.1 Å². The molecule has 7 heteroatoms. The largest absolute Gasteiger partial charge is 0.454 e. The van der Waals surface area contributed by atoms with E-state index in [0.29, 0.717) is 24.5 Å². The lowest BCUT2D eigenvalue weighted by atomic mass is 10.2. The number of ether oxygens (including phenoxy) is 2. The minimum Gasteiger partial charge on any atom is -0.454 e. The van der Waals surface area contributed by atoms with Crippen LogP contribution in [-0.4, -0.2) is 41.2 Å². The molecule has 29 heavy (non-hydrogen) atoms. The molecule has 0 atom stereocenters. The Kier molecular flexibility index (Phi) is 5.56. The van der Waals surface area contributed by atoms with E-state index >= 15 is 0 Å². The maximum Gasteiger partial charge on any atom is 0.255 e. The number of rotatable bonds is 7. The van der Waals surface area contributed by atoms with Gasteiger partial charge >= 0.3 is 0 Å². The van der Waals surface area contributed by atoms with E-state index < -0.39 is 0 Å². The summed E-state index contributed by atoms with van der Waals surface area (Å²) in [5.41, 5.74) is 2.78. The molecular weight excluding hydrogens is 368 g/mol. The molecule has 148 valence electrons. The number of pyridine rings is 2. The monoisotopic (exact) mass is 390 g/mol. The average Bonchev–Trinajstić information content (AvgIpc) is 3.24. The quantitative estimate of drug-likeness (QED) is 0.668. The molecular formula is C22H22N4O3. The van der Waals surface area contributed by atoms with Gasteiger partial charge in [-0.15, -0.1) is 0 Å². The number of anilines is 1. The summed E-state index contributed by atoms with van der Waals surface area (Å²) in [6, 6.07) is 13.4. The predicted octanol–water partition coefficient (Wildman–Crippen LogP) is 3.13. The van der Waals surface area contributed by atoms with Gasteiger partial charge in [-0.1, -0.05) is 6.07 Å². The van der Waals surface area contributed by atoms with Crippen LogP contribution in [0, 0.1) is 0 Å². The summed E-state index contributed by atoms with van der Waals surface area (Å²) < 4.78 is 10.7. The second-order valence-electron chi connectivity index (χ2n) is 6.81. The molecule has 0 bridgehead atoms. The Morgan fingerprint density at radius 3 is 2.69 bits per heavy atom. The minimum absolute atomic E-state index is 0.0473. The molecule has 4 rings (SSSR count). The number of carbonyl (C=O) groups is 1. The van der Waals surface area contributed by atoms with E-state index in [1.807, 2.05) is 36.4 Å². The van der Waals surface area contributed by atoms with Gasteiger partial charge in [0.05, 0.1) is 5.56 Å². The summed E-state index contributed by atoms with van der Waals surface area (Å²) in [4.78, 5) is 22.7.